The summed E-state index contributed by atoms with van der Waals surface area (Å²) in [5.41, 5.74) is 1.14. The molecule has 2 N–H and O–H groups in total. The molecule has 0 amide bonds. The van der Waals surface area contributed by atoms with Crippen molar-refractivity contribution >= 4 is 21.5 Å². The fourth-order valence-corrected chi connectivity index (χ4v) is 6.00. The van der Waals surface area contributed by atoms with Crippen molar-refractivity contribution in [3.63, 3.8) is 0 Å². The molecule has 1 aromatic rings. The summed E-state index contributed by atoms with van der Waals surface area (Å²) >= 11 is 0. The summed E-state index contributed by atoms with van der Waals surface area (Å²) in [6.45, 7) is 2.29. The number of nitrogens with one attached hydrogen (secondary N) is 2. The Hall–Kier alpha value is 0.366. The van der Waals surface area contributed by atoms with Crippen molar-refractivity contribution in [1.82, 2.24) is 0 Å². The SMILES string of the molecule is CCCCCCCCCCCCCCCCCCCCCCCC1Nc2cccc(S(=O)(=O)[O-])c2N1.[K+]. The number of anilines is 2. The molecule has 7 heteroatoms. The molecule has 2 rings (SSSR count). The number of benzene rings is 1. The Balaban J connectivity index is 0.00000684. The van der Waals surface area contributed by atoms with E-state index >= 15 is 0 Å². The molecule has 208 valence electrons. The van der Waals surface area contributed by atoms with Crippen LogP contribution in [-0.2, 0) is 10.1 Å². The van der Waals surface area contributed by atoms with Crippen LogP contribution >= 0.6 is 0 Å². The van der Waals surface area contributed by atoms with E-state index < -0.39 is 10.1 Å². The fraction of sp³-hybridized carbons (Fsp3) is 0.800. The smallest absolute Gasteiger partial charge is 0.744 e. The maximum Gasteiger partial charge on any atom is 1.00 e. The molecular weight excluding hydrogens is 508 g/mol. The van der Waals surface area contributed by atoms with Gasteiger partial charge in [-0.05, 0) is 25.0 Å². The van der Waals surface area contributed by atoms with Gasteiger partial charge in [-0.3, -0.25) is 0 Å². The van der Waals surface area contributed by atoms with Gasteiger partial charge in [0.25, 0.3) is 0 Å². The molecule has 0 saturated heterocycles. The fourth-order valence-electron chi connectivity index (χ4n) is 5.33. The largest absolute Gasteiger partial charge is 1.00 e. The van der Waals surface area contributed by atoms with Crippen LogP contribution in [0.2, 0.25) is 0 Å². The van der Waals surface area contributed by atoms with E-state index in [0.29, 0.717) is 11.4 Å². The summed E-state index contributed by atoms with van der Waals surface area (Å²) in [6, 6.07) is 4.80. The van der Waals surface area contributed by atoms with Gasteiger partial charge in [0, 0.05) is 0 Å². The Kier molecular flexibility index (Phi) is 21.1. The molecule has 0 aliphatic carbocycles. The van der Waals surface area contributed by atoms with Gasteiger partial charge < -0.3 is 15.2 Å². The molecule has 1 atom stereocenters. The average molecular weight is 561 g/mol. The van der Waals surface area contributed by atoms with E-state index in [9.17, 15) is 13.0 Å². The first-order chi connectivity index (χ1) is 17.5. The molecule has 1 aromatic carbocycles. The first-order valence-corrected chi connectivity index (χ1v) is 16.5. The summed E-state index contributed by atoms with van der Waals surface area (Å²) in [6.07, 6.45) is 29.9. The van der Waals surface area contributed by atoms with Crippen molar-refractivity contribution in [2.24, 2.45) is 0 Å². The normalized spacial score (nSPS) is 14.6. The van der Waals surface area contributed by atoms with Gasteiger partial charge in [-0.2, -0.15) is 0 Å². The van der Waals surface area contributed by atoms with Crippen LogP contribution in [0, 0.1) is 0 Å². The summed E-state index contributed by atoms with van der Waals surface area (Å²) in [5, 5.41) is 6.48. The zero-order valence-corrected chi connectivity index (χ0v) is 27.9. The van der Waals surface area contributed by atoms with Gasteiger partial charge in [-0.25, -0.2) is 8.42 Å². The number of hydrogen-bond acceptors (Lipinski definition) is 5. The van der Waals surface area contributed by atoms with Gasteiger partial charge in [0.1, 0.15) is 10.1 Å². The minimum Gasteiger partial charge on any atom is -0.744 e. The zero-order chi connectivity index (χ0) is 25.9. The van der Waals surface area contributed by atoms with Gasteiger partial charge in [-0.15, -0.1) is 0 Å². The summed E-state index contributed by atoms with van der Waals surface area (Å²) < 4.78 is 34.3. The van der Waals surface area contributed by atoms with E-state index in [1.54, 1.807) is 6.07 Å². The molecular formula is C30H53KN2O3S. The van der Waals surface area contributed by atoms with Gasteiger partial charge in [-0.1, -0.05) is 141 Å². The van der Waals surface area contributed by atoms with Gasteiger partial charge in [0.15, 0.2) is 0 Å². The van der Waals surface area contributed by atoms with Crippen LogP contribution < -0.4 is 62.0 Å². The van der Waals surface area contributed by atoms with Crippen molar-refractivity contribution in [1.29, 1.82) is 0 Å². The van der Waals surface area contributed by atoms with Crippen LogP contribution in [0.5, 0.6) is 0 Å². The first kappa shape index (κ1) is 35.4. The third-order valence-corrected chi connectivity index (χ3v) is 8.42. The number of hydrogen-bond donors (Lipinski definition) is 2. The van der Waals surface area contributed by atoms with Crippen LogP contribution in [0.4, 0.5) is 11.4 Å². The number of rotatable bonds is 23. The maximum absolute atomic E-state index is 11.4. The molecule has 0 bridgehead atoms. The second kappa shape index (κ2) is 22.1. The van der Waals surface area contributed by atoms with Crippen LogP contribution in [0.15, 0.2) is 23.1 Å². The first-order valence-electron chi connectivity index (χ1n) is 15.1. The van der Waals surface area contributed by atoms with E-state index in [2.05, 4.69) is 17.6 Å². The maximum atomic E-state index is 11.4. The summed E-state index contributed by atoms with van der Waals surface area (Å²) in [4.78, 5) is -0.159. The Morgan fingerprint density at radius 1 is 0.649 bits per heavy atom. The zero-order valence-electron chi connectivity index (χ0n) is 24.0. The molecule has 0 aromatic heterocycles. The number of para-hydroxylation sites is 1. The average Bonchev–Trinajstić information content (AvgIpc) is 3.27. The van der Waals surface area contributed by atoms with Gasteiger partial charge in [0.05, 0.1) is 22.4 Å². The van der Waals surface area contributed by atoms with Crippen LogP contribution in [0.1, 0.15) is 148 Å². The standard InChI is InChI=1S/C30H54N2O3S.K/c1-2-3-4-5-6-7-8-9-10-11-12-13-14-15-16-17-18-19-20-21-22-26-29-31-27-24-23-25-28(30(27)32-29)36(33,34)35;/h23-25,29,31-32H,2-22,26H2,1H3,(H,33,34,35);/q;+1/p-1. The molecule has 5 nitrogen and oxygen atoms in total. The molecule has 1 aliphatic heterocycles. The molecule has 1 heterocycles. The molecule has 1 aliphatic rings. The van der Waals surface area contributed by atoms with Crippen molar-refractivity contribution in [2.45, 2.75) is 159 Å². The quantitative estimate of drug-likeness (QED) is 0.0925. The third-order valence-electron chi connectivity index (χ3n) is 7.54. The molecule has 0 spiro atoms. The van der Waals surface area contributed by atoms with E-state index in [-0.39, 0.29) is 62.4 Å². The molecule has 0 fully saturated rings. The minimum atomic E-state index is -4.46. The molecule has 0 radical (unpaired) electrons. The van der Waals surface area contributed by atoms with E-state index in [1.165, 1.54) is 134 Å². The van der Waals surface area contributed by atoms with Gasteiger partial charge in [0.2, 0.25) is 0 Å². The van der Waals surface area contributed by atoms with E-state index in [4.69, 9.17) is 0 Å². The topological polar surface area (TPSA) is 81.3 Å². The Bertz CT molecular complexity index is 804. The molecule has 0 saturated carbocycles. The predicted octanol–water partition coefficient (Wildman–Crippen LogP) is 6.36. The Labute approximate surface area is 271 Å². The molecule has 37 heavy (non-hydrogen) atoms. The number of unbranched alkanes of at least 4 members (excludes halogenated alkanes) is 20. The van der Waals surface area contributed by atoms with Crippen molar-refractivity contribution in [3.05, 3.63) is 18.2 Å². The Morgan fingerprint density at radius 2 is 1.05 bits per heavy atom. The van der Waals surface area contributed by atoms with Crippen molar-refractivity contribution in [2.75, 3.05) is 10.6 Å². The summed E-state index contributed by atoms with van der Waals surface area (Å²) in [7, 11) is -4.46. The van der Waals surface area contributed by atoms with E-state index in [1.807, 2.05) is 6.07 Å². The van der Waals surface area contributed by atoms with Gasteiger partial charge >= 0.3 is 51.4 Å². The van der Waals surface area contributed by atoms with Crippen LogP contribution in [0.3, 0.4) is 0 Å². The summed E-state index contributed by atoms with van der Waals surface area (Å²) in [5.74, 6) is 0. The van der Waals surface area contributed by atoms with Crippen molar-refractivity contribution in [3.8, 4) is 0 Å². The molecule has 1 unspecified atom stereocenters. The van der Waals surface area contributed by atoms with E-state index in [0.717, 1.165) is 12.8 Å². The minimum absolute atomic E-state index is 0. The second-order valence-electron chi connectivity index (χ2n) is 10.8. The predicted molar refractivity (Wildman–Crippen MR) is 153 cm³/mol. The third kappa shape index (κ3) is 16.3. The second-order valence-corrected chi connectivity index (χ2v) is 12.2. The number of fused-ring (bicyclic) bond motifs is 1. The van der Waals surface area contributed by atoms with Crippen LogP contribution in [-0.4, -0.2) is 19.1 Å². The Morgan fingerprint density at radius 3 is 1.46 bits per heavy atom. The van der Waals surface area contributed by atoms with Crippen molar-refractivity contribution < 1.29 is 64.4 Å². The van der Waals surface area contributed by atoms with Crippen LogP contribution in [0.25, 0.3) is 0 Å². The monoisotopic (exact) mass is 560 g/mol.